The van der Waals surface area contributed by atoms with Crippen LogP contribution < -0.4 is 4.74 Å². The molecule has 1 amide bonds. The van der Waals surface area contributed by atoms with Crippen LogP contribution in [-0.4, -0.2) is 48.5 Å². The Hall–Kier alpha value is -2.33. The predicted octanol–water partition coefficient (Wildman–Crippen LogP) is 3.74. The molecule has 2 aromatic carbocycles. The number of ether oxygens (including phenoxy) is 1. The molecule has 2 aromatic rings. The molecule has 0 saturated carbocycles. The number of benzene rings is 2. The Morgan fingerprint density at radius 2 is 1.85 bits per heavy atom. The fourth-order valence-corrected chi connectivity index (χ4v) is 4.60. The Labute approximate surface area is 161 Å². The molecule has 3 fully saturated rings. The first kappa shape index (κ1) is 18.1. The van der Waals surface area contributed by atoms with Crippen LogP contribution >= 0.6 is 0 Å². The van der Waals surface area contributed by atoms with Crippen LogP contribution in [0.25, 0.3) is 0 Å². The maximum Gasteiger partial charge on any atom is 0.257 e. The monoisotopic (exact) mass is 364 g/mol. The third kappa shape index (κ3) is 3.72. The van der Waals surface area contributed by atoms with Gasteiger partial charge in [-0.05, 0) is 42.9 Å². The third-order valence-corrected chi connectivity index (χ3v) is 6.01. The average molecular weight is 364 g/mol. The molecular weight excluding hydrogens is 336 g/mol. The molecule has 3 aliphatic rings. The highest BCUT2D eigenvalue weighted by molar-refractivity contribution is 5.98. The number of nitrogens with zero attached hydrogens (tertiary/aromatic N) is 2. The van der Waals surface area contributed by atoms with Crippen LogP contribution in [0.5, 0.6) is 5.75 Å². The quantitative estimate of drug-likeness (QED) is 0.828. The highest BCUT2D eigenvalue weighted by Crippen LogP contribution is 2.31. The molecular formula is C23H28N2O2. The average Bonchev–Trinajstić information content (AvgIpc) is 3.00. The van der Waals surface area contributed by atoms with E-state index < -0.39 is 0 Å². The second-order valence-electron chi connectivity index (χ2n) is 7.87. The summed E-state index contributed by atoms with van der Waals surface area (Å²) < 4.78 is 5.48. The molecule has 0 N–H and O–H groups in total. The van der Waals surface area contributed by atoms with Gasteiger partial charge in [0.25, 0.3) is 5.91 Å². The summed E-state index contributed by atoms with van der Waals surface area (Å²) in [5, 5.41) is 0. The number of hydrogen-bond acceptors (Lipinski definition) is 3. The third-order valence-electron chi connectivity index (χ3n) is 6.01. The van der Waals surface area contributed by atoms with Gasteiger partial charge in [-0.25, -0.2) is 0 Å². The molecule has 3 heterocycles. The minimum Gasteiger partial charge on any atom is -0.496 e. The van der Waals surface area contributed by atoms with Crippen molar-refractivity contribution in [3.8, 4) is 5.75 Å². The van der Waals surface area contributed by atoms with Crippen LogP contribution in [0.4, 0.5) is 0 Å². The van der Waals surface area contributed by atoms with Crippen LogP contribution in [0.2, 0.25) is 0 Å². The lowest BCUT2D eigenvalue weighted by molar-refractivity contribution is 0.0732. The second-order valence-corrected chi connectivity index (χ2v) is 7.87. The Kier molecular flexibility index (Phi) is 5.17. The van der Waals surface area contributed by atoms with Crippen molar-refractivity contribution in [3.05, 3.63) is 65.2 Å². The minimum absolute atomic E-state index is 0.114. The van der Waals surface area contributed by atoms with Crippen LogP contribution in [0.15, 0.2) is 48.5 Å². The van der Waals surface area contributed by atoms with Crippen molar-refractivity contribution in [1.82, 2.24) is 9.80 Å². The molecule has 4 nitrogen and oxygen atoms in total. The summed E-state index contributed by atoms with van der Waals surface area (Å²) in [6, 6.07) is 16.9. The molecule has 3 saturated heterocycles. The van der Waals surface area contributed by atoms with Crippen molar-refractivity contribution in [1.29, 1.82) is 0 Å². The first-order valence-corrected chi connectivity index (χ1v) is 9.86. The molecule has 2 bridgehead atoms. The normalized spacial score (nSPS) is 22.5. The van der Waals surface area contributed by atoms with Crippen molar-refractivity contribution in [3.63, 3.8) is 0 Å². The number of hydrogen-bond donors (Lipinski definition) is 0. The van der Waals surface area contributed by atoms with Crippen molar-refractivity contribution < 1.29 is 9.53 Å². The molecule has 142 valence electrons. The summed E-state index contributed by atoms with van der Waals surface area (Å²) in [6.07, 6.45) is 2.39. The topological polar surface area (TPSA) is 32.8 Å². The molecule has 0 aliphatic carbocycles. The molecule has 0 radical (unpaired) electrons. The summed E-state index contributed by atoms with van der Waals surface area (Å²) in [4.78, 5) is 18.0. The first-order chi connectivity index (χ1) is 13.2. The number of methoxy groups -OCH3 is 1. The number of amides is 1. The summed E-state index contributed by atoms with van der Waals surface area (Å²) in [5.41, 5.74) is 3.05. The van der Waals surface area contributed by atoms with E-state index in [1.54, 1.807) is 7.11 Å². The smallest absolute Gasteiger partial charge is 0.257 e. The number of aryl methyl sites for hydroxylation is 1. The SMILES string of the molecule is COc1cccc(C)c1C(=O)N1C[C@@H]2CC[C@H](C1)N(Cc1ccccc1)C2. The van der Waals surface area contributed by atoms with Crippen molar-refractivity contribution in [2.75, 3.05) is 26.7 Å². The Balaban J connectivity index is 1.54. The Morgan fingerprint density at radius 1 is 1.04 bits per heavy atom. The fraction of sp³-hybridized carbons (Fsp3) is 0.435. The summed E-state index contributed by atoms with van der Waals surface area (Å²) in [7, 11) is 1.64. The number of piperidine rings is 1. The van der Waals surface area contributed by atoms with Crippen LogP contribution in [0.3, 0.4) is 0 Å². The summed E-state index contributed by atoms with van der Waals surface area (Å²) in [5.74, 6) is 1.34. The van der Waals surface area contributed by atoms with Crippen LogP contribution in [0.1, 0.15) is 34.3 Å². The van der Waals surface area contributed by atoms with E-state index in [1.165, 1.54) is 18.4 Å². The molecule has 0 aromatic heterocycles. The maximum absolute atomic E-state index is 13.4. The van der Waals surface area contributed by atoms with Gasteiger partial charge in [0.15, 0.2) is 0 Å². The van der Waals surface area contributed by atoms with Gasteiger partial charge in [0.1, 0.15) is 5.75 Å². The van der Waals surface area contributed by atoms with E-state index >= 15 is 0 Å². The molecule has 5 rings (SSSR count). The van der Waals surface area contributed by atoms with E-state index in [-0.39, 0.29) is 5.91 Å². The van der Waals surface area contributed by atoms with Gasteiger partial charge in [-0.2, -0.15) is 0 Å². The second kappa shape index (κ2) is 7.73. The van der Waals surface area contributed by atoms with E-state index in [2.05, 4.69) is 40.1 Å². The lowest BCUT2D eigenvalue weighted by Gasteiger charge is -2.36. The fourth-order valence-electron chi connectivity index (χ4n) is 4.60. The minimum atomic E-state index is 0.114. The lowest BCUT2D eigenvalue weighted by atomic mass is 9.94. The zero-order valence-corrected chi connectivity index (χ0v) is 16.2. The van der Waals surface area contributed by atoms with E-state index in [0.717, 1.165) is 37.3 Å². The van der Waals surface area contributed by atoms with E-state index in [9.17, 15) is 4.79 Å². The first-order valence-electron chi connectivity index (χ1n) is 9.86. The van der Waals surface area contributed by atoms with E-state index in [4.69, 9.17) is 4.74 Å². The molecule has 0 unspecified atom stereocenters. The van der Waals surface area contributed by atoms with Gasteiger partial charge in [0.05, 0.1) is 12.7 Å². The molecule has 0 spiro atoms. The zero-order valence-electron chi connectivity index (χ0n) is 16.2. The van der Waals surface area contributed by atoms with Gasteiger partial charge in [0, 0.05) is 32.2 Å². The van der Waals surface area contributed by atoms with Crippen molar-refractivity contribution in [2.24, 2.45) is 5.92 Å². The number of carbonyl (C=O) groups is 1. The Morgan fingerprint density at radius 3 is 2.63 bits per heavy atom. The lowest BCUT2D eigenvalue weighted by Crippen LogP contribution is -2.44. The molecule has 3 aliphatic heterocycles. The predicted molar refractivity (Wildman–Crippen MR) is 107 cm³/mol. The van der Waals surface area contributed by atoms with Gasteiger partial charge < -0.3 is 9.64 Å². The molecule has 4 heteroatoms. The largest absolute Gasteiger partial charge is 0.496 e. The standard InChI is InChI=1S/C23H28N2O2/c1-17-7-6-10-21(27-2)22(17)23(26)25-15-19-11-12-20(16-25)24(14-19)13-18-8-4-3-5-9-18/h3-10,19-20H,11-16H2,1-2H3/t19-,20-/m1/s1. The van der Waals surface area contributed by atoms with Crippen molar-refractivity contribution in [2.45, 2.75) is 32.4 Å². The van der Waals surface area contributed by atoms with Gasteiger partial charge in [0.2, 0.25) is 0 Å². The van der Waals surface area contributed by atoms with E-state index in [1.807, 2.05) is 25.1 Å². The highest BCUT2D eigenvalue weighted by Gasteiger charge is 2.37. The van der Waals surface area contributed by atoms with Crippen LogP contribution in [0, 0.1) is 12.8 Å². The van der Waals surface area contributed by atoms with Gasteiger partial charge in [-0.1, -0.05) is 42.5 Å². The number of carbonyl (C=O) groups excluding carboxylic acids is 1. The summed E-state index contributed by atoms with van der Waals surface area (Å²) in [6.45, 7) is 5.69. The van der Waals surface area contributed by atoms with E-state index in [0.29, 0.717) is 17.7 Å². The van der Waals surface area contributed by atoms with Gasteiger partial charge >= 0.3 is 0 Å². The van der Waals surface area contributed by atoms with Crippen LogP contribution in [-0.2, 0) is 6.54 Å². The van der Waals surface area contributed by atoms with Gasteiger partial charge in [-0.15, -0.1) is 0 Å². The molecule has 2 atom stereocenters. The van der Waals surface area contributed by atoms with Crippen molar-refractivity contribution >= 4 is 5.91 Å². The Bertz CT molecular complexity index is 805. The number of fused-ring (bicyclic) bond motifs is 4. The highest BCUT2D eigenvalue weighted by atomic mass is 16.5. The zero-order chi connectivity index (χ0) is 18.8. The summed E-state index contributed by atoms with van der Waals surface area (Å²) >= 11 is 0. The number of rotatable bonds is 4. The maximum atomic E-state index is 13.4. The van der Waals surface area contributed by atoms with Gasteiger partial charge in [-0.3, -0.25) is 9.69 Å². The molecule has 27 heavy (non-hydrogen) atoms.